The lowest BCUT2D eigenvalue weighted by Crippen LogP contribution is -2.33. The van der Waals surface area contributed by atoms with Gasteiger partial charge in [0.05, 0.1) is 24.7 Å². The first kappa shape index (κ1) is 13.9. The van der Waals surface area contributed by atoms with Crippen molar-refractivity contribution in [2.24, 2.45) is 0 Å². The number of nitro benzene ring substituents is 1. The summed E-state index contributed by atoms with van der Waals surface area (Å²) >= 11 is 0. The van der Waals surface area contributed by atoms with Crippen LogP contribution in [0.4, 0.5) is 5.69 Å². The monoisotopic (exact) mass is 266 g/mol. The van der Waals surface area contributed by atoms with Crippen LogP contribution in [0.25, 0.3) is 0 Å². The number of aliphatic hydroxyl groups excluding tert-OH is 1. The van der Waals surface area contributed by atoms with Crippen LogP contribution in [0.15, 0.2) is 18.2 Å². The van der Waals surface area contributed by atoms with Gasteiger partial charge < -0.3 is 9.84 Å². The van der Waals surface area contributed by atoms with E-state index in [1.165, 1.54) is 5.56 Å². The highest BCUT2D eigenvalue weighted by molar-refractivity contribution is 5.41. The number of benzene rings is 1. The lowest BCUT2D eigenvalue weighted by molar-refractivity contribution is -0.385. The maximum atomic E-state index is 10.8. The lowest BCUT2D eigenvalue weighted by atomic mass is 9.99. The molecule has 0 saturated carbocycles. The molecule has 1 aromatic carbocycles. The highest BCUT2D eigenvalue weighted by Gasteiger charge is 2.18. The molecule has 1 aliphatic rings. The average molecular weight is 266 g/mol. The van der Waals surface area contributed by atoms with Gasteiger partial charge in [-0.1, -0.05) is 6.07 Å². The fourth-order valence-corrected chi connectivity index (χ4v) is 2.27. The Morgan fingerprint density at radius 2 is 2.21 bits per heavy atom. The summed E-state index contributed by atoms with van der Waals surface area (Å²) in [7, 11) is 0. The predicted molar refractivity (Wildman–Crippen MR) is 70.0 cm³/mol. The van der Waals surface area contributed by atoms with Crippen LogP contribution in [0.1, 0.15) is 11.1 Å². The van der Waals surface area contributed by atoms with Gasteiger partial charge in [-0.25, -0.2) is 0 Å². The van der Waals surface area contributed by atoms with Gasteiger partial charge in [0.2, 0.25) is 0 Å². The van der Waals surface area contributed by atoms with Crippen molar-refractivity contribution in [3.8, 4) is 0 Å². The Morgan fingerprint density at radius 1 is 1.37 bits per heavy atom. The molecule has 0 spiro atoms. The zero-order valence-electron chi connectivity index (χ0n) is 10.7. The fourth-order valence-electron chi connectivity index (χ4n) is 2.27. The number of rotatable bonds is 6. The van der Waals surface area contributed by atoms with Gasteiger partial charge in [-0.3, -0.25) is 15.0 Å². The fraction of sp³-hybridized carbons (Fsp3) is 0.538. The summed E-state index contributed by atoms with van der Waals surface area (Å²) in [5.74, 6) is 0. The molecular formula is C13H18N2O4. The minimum absolute atomic E-state index is 0.0367. The standard InChI is InChI=1S/C13H18N2O4/c16-6-8-19-7-5-14-4-3-11-1-2-13(15(17)18)9-12(11)10-14/h1-2,9,16H,3-8,10H2. The van der Waals surface area contributed by atoms with Gasteiger partial charge in [-0.05, 0) is 17.5 Å². The first-order valence-electron chi connectivity index (χ1n) is 6.38. The van der Waals surface area contributed by atoms with E-state index in [0.29, 0.717) is 13.2 Å². The Bertz CT molecular complexity index is 450. The molecule has 1 aromatic rings. The van der Waals surface area contributed by atoms with Crippen LogP contribution in [0.3, 0.4) is 0 Å². The first-order valence-corrected chi connectivity index (χ1v) is 6.38. The van der Waals surface area contributed by atoms with Crippen molar-refractivity contribution in [3.63, 3.8) is 0 Å². The van der Waals surface area contributed by atoms with Crippen molar-refractivity contribution in [2.45, 2.75) is 13.0 Å². The Hall–Kier alpha value is -1.50. The van der Waals surface area contributed by atoms with Gasteiger partial charge in [0, 0.05) is 31.8 Å². The van der Waals surface area contributed by atoms with E-state index in [4.69, 9.17) is 9.84 Å². The van der Waals surface area contributed by atoms with Crippen LogP contribution < -0.4 is 0 Å². The zero-order chi connectivity index (χ0) is 13.7. The quantitative estimate of drug-likeness (QED) is 0.471. The smallest absolute Gasteiger partial charge is 0.269 e. The molecule has 0 aromatic heterocycles. The average Bonchev–Trinajstić information content (AvgIpc) is 2.42. The van der Waals surface area contributed by atoms with Crippen LogP contribution in [-0.4, -0.2) is 47.8 Å². The summed E-state index contributed by atoms with van der Waals surface area (Å²) in [5, 5.41) is 19.4. The first-order chi connectivity index (χ1) is 9.20. The van der Waals surface area contributed by atoms with Crippen LogP contribution in [0.5, 0.6) is 0 Å². The van der Waals surface area contributed by atoms with E-state index in [9.17, 15) is 10.1 Å². The molecule has 1 aliphatic heterocycles. The van der Waals surface area contributed by atoms with Gasteiger partial charge >= 0.3 is 0 Å². The van der Waals surface area contributed by atoms with Crippen molar-refractivity contribution in [1.82, 2.24) is 4.90 Å². The third-order valence-electron chi connectivity index (χ3n) is 3.28. The number of non-ortho nitro benzene ring substituents is 1. The molecule has 19 heavy (non-hydrogen) atoms. The van der Waals surface area contributed by atoms with Crippen molar-refractivity contribution >= 4 is 5.69 Å². The topological polar surface area (TPSA) is 75.8 Å². The Balaban J connectivity index is 1.94. The number of nitrogens with zero attached hydrogens (tertiary/aromatic N) is 2. The molecule has 0 aliphatic carbocycles. The van der Waals surface area contributed by atoms with Crippen LogP contribution in [0, 0.1) is 10.1 Å². The molecule has 104 valence electrons. The summed E-state index contributed by atoms with van der Waals surface area (Å²) < 4.78 is 5.24. The Kier molecular flexibility index (Phi) is 4.84. The zero-order valence-corrected chi connectivity index (χ0v) is 10.7. The molecule has 6 heteroatoms. The van der Waals surface area contributed by atoms with E-state index in [-0.39, 0.29) is 17.2 Å². The maximum absolute atomic E-state index is 10.8. The van der Waals surface area contributed by atoms with Crippen LogP contribution >= 0.6 is 0 Å². The minimum atomic E-state index is -0.358. The molecule has 0 atom stereocenters. The van der Waals surface area contributed by atoms with E-state index < -0.39 is 0 Å². The van der Waals surface area contributed by atoms with E-state index in [1.54, 1.807) is 12.1 Å². The minimum Gasteiger partial charge on any atom is -0.394 e. The van der Waals surface area contributed by atoms with Crippen molar-refractivity contribution in [3.05, 3.63) is 39.4 Å². The van der Waals surface area contributed by atoms with Gasteiger partial charge in [0.1, 0.15) is 0 Å². The third kappa shape index (κ3) is 3.73. The molecule has 6 nitrogen and oxygen atoms in total. The number of nitro groups is 1. The summed E-state index contributed by atoms with van der Waals surface area (Å²) in [5.41, 5.74) is 2.37. The van der Waals surface area contributed by atoms with E-state index >= 15 is 0 Å². The molecule has 0 bridgehead atoms. The number of ether oxygens (including phenoxy) is 1. The maximum Gasteiger partial charge on any atom is 0.269 e. The number of fused-ring (bicyclic) bond motifs is 1. The summed E-state index contributed by atoms with van der Waals surface area (Å²) in [6, 6.07) is 5.09. The van der Waals surface area contributed by atoms with Gasteiger partial charge in [-0.2, -0.15) is 0 Å². The molecule has 2 rings (SSSR count). The SMILES string of the molecule is O=[N+]([O-])c1ccc2c(c1)CN(CCOCCO)CC2. The van der Waals surface area contributed by atoms with Gasteiger partial charge in [-0.15, -0.1) is 0 Å². The second-order valence-electron chi connectivity index (χ2n) is 4.57. The molecule has 1 N–H and O–H groups in total. The second-order valence-corrected chi connectivity index (χ2v) is 4.57. The molecule has 0 fully saturated rings. The highest BCUT2D eigenvalue weighted by atomic mass is 16.6. The number of aliphatic hydroxyl groups is 1. The summed E-state index contributed by atoms with van der Waals surface area (Å²) in [6.45, 7) is 3.41. The Morgan fingerprint density at radius 3 is 2.95 bits per heavy atom. The second kappa shape index (κ2) is 6.60. The van der Waals surface area contributed by atoms with E-state index in [0.717, 1.165) is 31.6 Å². The molecule has 0 radical (unpaired) electrons. The van der Waals surface area contributed by atoms with E-state index in [1.807, 2.05) is 6.07 Å². The normalized spacial score (nSPS) is 15.2. The summed E-state index contributed by atoms with van der Waals surface area (Å²) in [4.78, 5) is 12.6. The molecule has 0 amide bonds. The van der Waals surface area contributed by atoms with Gasteiger partial charge in [0.15, 0.2) is 0 Å². The van der Waals surface area contributed by atoms with Crippen molar-refractivity contribution in [1.29, 1.82) is 0 Å². The predicted octanol–water partition coefficient (Wildman–Crippen LogP) is 0.962. The third-order valence-corrected chi connectivity index (χ3v) is 3.28. The lowest BCUT2D eigenvalue weighted by Gasteiger charge is -2.28. The van der Waals surface area contributed by atoms with Crippen molar-refractivity contribution < 1.29 is 14.8 Å². The van der Waals surface area contributed by atoms with Crippen LogP contribution in [-0.2, 0) is 17.7 Å². The van der Waals surface area contributed by atoms with Gasteiger partial charge in [0.25, 0.3) is 5.69 Å². The van der Waals surface area contributed by atoms with E-state index in [2.05, 4.69) is 4.90 Å². The van der Waals surface area contributed by atoms with Crippen molar-refractivity contribution in [2.75, 3.05) is 32.9 Å². The molecule has 1 heterocycles. The summed E-state index contributed by atoms with van der Waals surface area (Å²) in [6.07, 6.45) is 0.910. The molecular weight excluding hydrogens is 248 g/mol. The molecule has 0 saturated heterocycles. The molecule has 0 unspecified atom stereocenters. The Labute approximate surface area is 111 Å². The number of hydrogen-bond donors (Lipinski definition) is 1. The number of hydrogen-bond acceptors (Lipinski definition) is 5. The largest absolute Gasteiger partial charge is 0.394 e. The highest BCUT2D eigenvalue weighted by Crippen LogP contribution is 2.23. The van der Waals surface area contributed by atoms with Crippen LogP contribution in [0.2, 0.25) is 0 Å².